The van der Waals surface area contributed by atoms with Crippen LogP contribution in [0.25, 0.3) is 5.69 Å². The summed E-state index contributed by atoms with van der Waals surface area (Å²) in [5.41, 5.74) is 5.73. The molecule has 0 radical (unpaired) electrons. The largest absolute Gasteiger partial charge is 0.372 e. The van der Waals surface area contributed by atoms with E-state index in [1.54, 1.807) is 6.07 Å². The topological polar surface area (TPSA) is 67.2 Å². The van der Waals surface area contributed by atoms with Gasteiger partial charge >= 0.3 is 0 Å². The van der Waals surface area contributed by atoms with E-state index in [2.05, 4.69) is 35.2 Å². The van der Waals surface area contributed by atoms with Crippen molar-refractivity contribution in [1.29, 1.82) is 0 Å². The number of anilines is 2. The van der Waals surface area contributed by atoms with Crippen LogP contribution in [0, 0.1) is 20.8 Å². The van der Waals surface area contributed by atoms with E-state index in [9.17, 15) is 9.59 Å². The summed E-state index contributed by atoms with van der Waals surface area (Å²) in [6, 6.07) is 15.0. The molecule has 1 N–H and O–H groups in total. The fraction of sp³-hybridized carbons (Fsp3) is 0.346. The van der Waals surface area contributed by atoms with Crippen LogP contribution in [-0.2, 0) is 4.79 Å². The van der Waals surface area contributed by atoms with E-state index in [1.165, 1.54) is 22.5 Å². The summed E-state index contributed by atoms with van der Waals surface area (Å²) < 4.78 is 1.38. The third-order valence-electron chi connectivity index (χ3n) is 5.77. The minimum atomic E-state index is -0.384. The van der Waals surface area contributed by atoms with Gasteiger partial charge in [0.05, 0.1) is 10.9 Å². The first-order valence-corrected chi connectivity index (χ1v) is 12.1. The van der Waals surface area contributed by atoms with E-state index in [-0.39, 0.29) is 16.7 Å². The van der Waals surface area contributed by atoms with Gasteiger partial charge in [-0.1, -0.05) is 17.8 Å². The van der Waals surface area contributed by atoms with E-state index < -0.39 is 0 Å². The van der Waals surface area contributed by atoms with Crippen LogP contribution in [0.4, 0.5) is 11.4 Å². The summed E-state index contributed by atoms with van der Waals surface area (Å²) in [5, 5.41) is 7.75. The minimum absolute atomic E-state index is 0.107. The Hall–Kier alpha value is -3.06. The molecule has 0 aliphatic heterocycles. The molecule has 33 heavy (non-hydrogen) atoms. The predicted molar refractivity (Wildman–Crippen MR) is 138 cm³/mol. The maximum Gasteiger partial charge on any atom is 0.271 e. The number of thioether (sulfide) groups is 1. The van der Waals surface area contributed by atoms with Crippen LogP contribution in [0.3, 0.4) is 0 Å². The third-order valence-corrected chi connectivity index (χ3v) is 6.80. The lowest BCUT2D eigenvalue weighted by atomic mass is 10.1. The Morgan fingerprint density at radius 3 is 2.36 bits per heavy atom. The summed E-state index contributed by atoms with van der Waals surface area (Å²) in [7, 11) is 0. The van der Waals surface area contributed by atoms with Gasteiger partial charge in [-0.25, -0.2) is 0 Å². The molecule has 6 nitrogen and oxygen atoms in total. The number of aromatic nitrogens is 2. The normalized spacial score (nSPS) is 11.8. The third kappa shape index (κ3) is 5.85. The second-order valence-electron chi connectivity index (χ2n) is 8.11. The maximum atomic E-state index is 12.9. The van der Waals surface area contributed by atoms with Crippen LogP contribution in [0.5, 0.6) is 0 Å². The lowest BCUT2D eigenvalue weighted by Crippen LogP contribution is -2.25. The molecule has 0 spiro atoms. The molecule has 0 fully saturated rings. The molecule has 1 amide bonds. The molecule has 0 unspecified atom stereocenters. The number of nitrogens with one attached hydrogen (secondary N) is 1. The van der Waals surface area contributed by atoms with Crippen molar-refractivity contribution in [2.24, 2.45) is 0 Å². The second kappa shape index (κ2) is 10.7. The van der Waals surface area contributed by atoms with E-state index in [0.29, 0.717) is 10.7 Å². The molecule has 3 aromatic rings. The summed E-state index contributed by atoms with van der Waals surface area (Å²) in [6.45, 7) is 14.0. The molecular formula is C26H32N4O2S. The van der Waals surface area contributed by atoms with Crippen molar-refractivity contribution in [1.82, 2.24) is 9.78 Å². The Labute approximate surface area is 200 Å². The molecule has 0 saturated carbocycles. The van der Waals surface area contributed by atoms with Crippen molar-refractivity contribution in [3.8, 4) is 5.69 Å². The maximum absolute atomic E-state index is 12.9. The molecule has 3 rings (SSSR count). The van der Waals surface area contributed by atoms with Crippen molar-refractivity contribution in [3.63, 3.8) is 0 Å². The molecule has 1 atom stereocenters. The highest BCUT2D eigenvalue weighted by molar-refractivity contribution is 8.00. The average molecular weight is 465 g/mol. The average Bonchev–Trinajstić information content (AvgIpc) is 2.79. The number of carbonyl (C=O) groups is 1. The minimum Gasteiger partial charge on any atom is -0.372 e. The molecular weight excluding hydrogens is 432 g/mol. The molecule has 2 aromatic carbocycles. The van der Waals surface area contributed by atoms with Gasteiger partial charge in [0.1, 0.15) is 5.03 Å². The molecule has 0 aliphatic carbocycles. The van der Waals surface area contributed by atoms with Crippen molar-refractivity contribution in [2.45, 2.75) is 51.8 Å². The number of hydrogen-bond donors (Lipinski definition) is 1. The van der Waals surface area contributed by atoms with Gasteiger partial charge in [0, 0.05) is 30.5 Å². The molecule has 1 heterocycles. The Morgan fingerprint density at radius 1 is 1.00 bits per heavy atom. The van der Waals surface area contributed by atoms with Crippen LogP contribution < -0.4 is 15.8 Å². The van der Waals surface area contributed by atoms with Gasteiger partial charge in [-0.3, -0.25) is 9.59 Å². The number of aryl methyl sites for hydroxylation is 3. The predicted octanol–water partition coefficient (Wildman–Crippen LogP) is 5.12. The Kier molecular flexibility index (Phi) is 7.97. The zero-order valence-electron chi connectivity index (χ0n) is 20.2. The van der Waals surface area contributed by atoms with Gasteiger partial charge < -0.3 is 10.2 Å². The highest BCUT2D eigenvalue weighted by atomic mass is 32.2. The number of rotatable bonds is 8. The summed E-state index contributed by atoms with van der Waals surface area (Å²) >= 11 is 1.33. The van der Waals surface area contributed by atoms with Crippen LogP contribution in [0.1, 0.15) is 37.5 Å². The smallest absolute Gasteiger partial charge is 0.271 e. The van der Waals surface area contributed by atoms with Crippen LogP contribution >= 0.6 is 11.8 Å². The van der Waals surface area contributed by atoms with Crippen molar-refractivity contribution in [2.75, 3.05) is 23.3 Å². The summed E-state index contributed by atoms with van der Waals surface area (Å²) in [4.78, 5) is 27.5. The second-order valence-corrected chi connectivity index (χ2v) is 9.47. The van der Waals surface area contributed by atoms with Crippen molar-refractivity contribution < 1.29 is 4.79 Å². The van der Waals surface area contributed by atoms with E-state index >= 15 is 0 Å². The molecule has 174 valence electrons. The molecule has 0 bridgehead atoms. The highest BCUT2D eigenvalue weighted by Gasteiger charge is 2.17. The lowest BCUT2D eigenvalue weighted by Gasteiger charge is -2.22. The standard InChI is InChI=1S/C26H32N4O2S/c1-7-29(8-2)21-11-12-23(19(5)16-21)27-26(32)20(6)33-24-13-14-25(31)30(28-24)22-10-9-17(3)18(4)15-22/h9-16,20H,7-8H2,1-6H3,(H,27,32)/t20-/m1/s1. The number of amides is 1. The van der Waals surface area contributed by atoms with Gasteiger partial charge in [-0.15, -0.1) is 0 Å². The van der Waals surface area contributed by atoms with Gasteiger partial charge in [0.25, 0.3) is 5.56 Å². The fourth-order valence-corrected chi connectivity index (χ4v) is 4.35. The summed E-state index contributed by atoms with van der Waals surface area (Å²) in [6.07, 6.45) is 0. The highest BCUT2D eigenvalue weighted by Crippen LogP contribution is 2.25. The van der Waals surface area contributed by atoms with Crippen molar-refractivity contribution in [3.05, 3.63) is 75.6 Å². The van der Waals surface area contributed by atoms with Gasteiger partial charge in [0.15, 0.2) is 0 Å². The molecule has 1 aromatic heterocycles. The SMILES string of the molecule is CCN(CC)c1ccc(NC(=O)[C@@H](C)Sc2ccc(=O)n(-c3ccc(C)c(C)c3)n2)c(C)c1. The monoisotopic (exact) mass is 464 g/mol. The first kappa shape index (κ1) is 24.6. The number of hydrogen-bond acceptors (Lipinski definition) is 5. The van der Waals surface area contributed by atoms with Gasteiger partial charge in [-0.2, -0.15) is 9.78 Å². The van der Waals surface area contributed by atoms with E-state index in [4.69, 9.17) is 0 Å². The van der Waals surface area contributed by atoms with E-state index in [0.717, 1.165) is 41.2 Å². The Morgan fingerprint density at radius 2 is 1.73 bits per heavy atom. The lowest BCUT2D eigenvalue weighted by molar-refractivity contribution is -0.115. The number of nitrogens with zero attached hydrogens (tertiary/aromatic N) is 3. The number of carbonyl (C=O) groups excluding carboxylic acids is 1. The Bertz CT molecular complexity index is 1200. The molecule has 0 aliphatic rings. The quantitative estimate of drug-likeness (QED) is 0.469. The summed E-state index contributed by atoms with van der Waals surface area (Å²) in [5.74, 6) is -0.107. The zero-order valence-corrected chi connectivity index (χ0v) is 21.0. The Balaban J connectivity index is 1.74. The fourth-order valence-electron chi connectivity index (χ4n) is 3.54. The molecule has 0 saturated heterocycles. The first-order chi connectivity index (χ1) is 15.7. The van der Waals surface area contributed by atoms with Gasteiger partial charge in [-0.05, 0) is 94.6 Å². The van der Waals surface area contributed by atoms with Gasteiger partial charge in [0.2, 0.25) is 5.91 Å². The van der Waals surface area contributed by atoms with E-state index in [1.807, 2.05) is 58.0 Å². The van der Waals surface area contributed by atoms with Crippen molar-refractivity contribution >= 4 is 29.0 Å². The van der Waals surface area contributed by atoms with Crippen LogP contribution in [0.2, 0.25) is 0 Å². The zero-order chi connectivity index (χ0) is 24.1. The first-order valence-electron chi connectivity index (χ1n) is 11.2. The van der Waals surface area contributed by atoms with Crippen LogP contribution in [-0.4, -0.2) is 34.0 Å². The van der Waals surface area contributed by atoms with Crippen LogP contribution in [0.15, 0.2) is 58.4 Å². The number of benzene rings is 2. The molecule has 7 heteroatoms.